The smallest absolute Gasteiger partial charge is 0.286 e. The molecule has 0 aliphatic rings. The van der Waals surface area contributed by atoms with Crippen molar-refractivity contribution in [3.8, 4) is 0 Å². The molecule has 106 valence electrons. The second-order valence-corrected chi connectivity index (χ2v) is 5.29. The standard InChI is InChI=1S/C15H11Cl2N3O/c16-11-6-5-10(8-12(11)17)19-20-15(21)14-7-9-3-1-2-4-13(9)18-14/h1-8,18-19H,(H,20,21). The van der Waals surface area contributed by atoms with Crippen LogP contribution in [0.5, 0.6) is 0 Å². The van der Waals surface area contributed by atoms with Crippen LogP contribution in [-0.2, 0) is 0 Å². The van der Waals surface area contributed by atoms with Gasteiger partial charge in [-0.1, -0.05) is 41.4 Å². The Hall–Kier alpha value is -2.17. The second kappa shape index (κ2) is 5.68. The van der Waals surface area contributed by atoms with Gasteiger partial charge in [0.05, 0.1) is 15.7 Å². The Morgan fingerprint density at radius 1 is 1.00 bits per heavy atom. The molecule has 3 aromatic rings. The minimum absolute atomic E-state index is 0.266. The topological polar surface area (TPSA) is 56.9 Å². The number of carbonyl (C=O) groups excluding carboxylic acids is 1. The van der Waals surface area contributed by atoms with Gasteiger partial charge in [0.1, 0.15) is 5.69 Å². The van der Waals surface area contributed by atoms with Crippen LogP contribution in [0.1, 0.15) is 10.5 Å². The maximum atomic E-state index is 12.1. The first-order chi connectivity index (χ1) is 10.1. The number of rotatable bonds is 3. The van der Waals surface area contributed by atoms with Crippen molar-refractivity contribution in [2.24, 2.45) is 0 Å². The van der Waals surface area contributed by atoms with Gasteiger partial charge in [0.2, 0.25) is 0 Å². The number of amides is 1. The summed E-state index contributed by atoms with van der Waals surface area (Å²) in [4.78, 5) is 15.1. The highest BCUT2D eigenvalue weighted by molar-refractivity contribution is 6.42. The molecule has 1 amide bonds. The molecular weight excluding hydrogens is 309 g/mol. The van der Waals surface area contributed by atoms with Crippen molar-refractivity contribution < 1.29 is 4.79 Å². The molecule has 3 rings (SSSR count). The zero-order valence-electron chi connectivity index (χ0n) is 10.8. The summed E-state index contributed by atoms with van der Waals surface area (Å²) in [6.45, 7) is 0. The number of hydrogen-bond donors (Lipinski definition) is 3. The molecular formula is C15H11Cl2N3O. The summed E-state index contributed by atoms with van der Waals surface area (Å²) in [5.41, 5.74) is 7.43. The number of benzene rings is 2. The fourth-order valence-electron chi connectivity index (χ4n) is 1.97. The van der Waals surface area contributed by atoms with Crippen molar-refractivity contribution in [3.63, 3.8) is 0 Å². The molecule has 4 nitrogen and oxygen atoms in total. The molecule has 1 heterocycles. The van der Waals surface area contributed by atoms with Gasteiger partial charge in [-0.2, -0.15) is 0 Å². The SMILES string of the molecule is O=C(NNc1ccc(Cl)c(Cl)c1)c1cc2ccccc2[nH]1. The van der Waals surface area contributed by atoms with Crippen LogP contribution < -0.4 is 10.9 Å². The van der Waals surface area contributed by atoms with Gasteiger partial charge >= 0.3 is 0 Å². The lowest BCUT2D eigenvalue weighted by molar-refractivity contribution is 0.0958. The van der Waals surface area contributed by atoms with Crippen LogP contribution in [0, 0.1) is 0 Å². The molecule has 0 radical (unpaired) electrons. The van der Waals surface area contributed by atoms with E-state index in [0.29, 0.717) is 21.4 Å². The van der Waals surface area contributed by atoms with E-state index in [9.17, 15) is 4.79 Å². The van der Waals surface area contributed by atoms with Crippen LogP contribution in [0.25, 0.3) is 10.9 Å². The number of para-hydroxylation sites is 1. The quantitative estimate of drug-likeness (QED) is 0.633. The number of H-pyrrole nitrogens is 1. The van der Waals surface area contributed by atoms with E-state index in [1.54, 1.807) is 24.3 Å². The normalized spacial score (nSPS) is 10.6. The summed E-state index contributed by atoms with van der Waals surface area (Å²) < 4.78 is 0. The average molecular weight is 320 g/mol. The average Bonchev–Trinajstić information content (AvgIpc) is 2.92. The van der Waals surface area contributed by atoms with Gasteiger partial charge < -0.3 is 4.98 Å². The van der Waals surface area contributed by atoms with E-state index in [4.69, 9.17) is 23.2 Å². The number of aromatic nitrogens is 1. The Labute approximate surface area is 131 Å². The monoisotopic (exact) mass is 319 g/mol. The number of halogens is 2. The molecule has 0 aliphatic heterocycles. The largest absolute Gasteiger partial charge is 0.350 e. The molecule has 0 spiro atoms. The van der Waals surface area contributed by atoms with Crippen molar-refractivity contribution in [2.75, 3.05) is 5.43 Å². The van der Waals surface area contributed by atoms with Crippen molar-refractivity contribution >= 4 is 45.7 Å². The molecule has 0 saturated heterocycles. The van der Waals surface area contributed by atoms with Crippen LogP contribution >= 0.6 is 23.2 Å². The summed E-state index contributed by atoms with van der Waals surface area (Å²) in [5.74, 6) is -0.266. The van der Waals surface area contributed by atoms with E-state index >= 15 is 0 Å². The molecule has 0 saturated carbocycles. The molecule has 1 aromatic heterocycles. The molecule has 21 heavy (non-hydrogen) atoms. The molecule has 0 atom stereocenters. The Morgan fingerprint density at radius 2 is 1.81 bits per heavy atom. The number of fused-ring (bicyclic) bond motifs is 1. The molecule has 6 heteroatoms. The fourth-order valence-corrected chi connectivity index (χ4v) is 2.26. The zero-order valence-corrected chi connectivity index (χ0v) is 12.3. The first-order valence-electron chi connectivity index (χ1n) is 6.22. The van der Waals surface area contributed by atoms with Crippen LogP contribution in [0.4, 0.5) is 5.69 Å². The minimum Gasteiger partial charge on any atom is -0.350 e. The van der Waals surface area contributed by atoms with Crippen molar-refractivity contribution in [3.05, 3.63) is 64.3 Å². The third-order valence-electron chi connectivity index (χ3n) is 3.01. The lowest BCUT2D eigenvalue weighted by Gasteiger charge is -2.08. The Bertz CT molecular complexity index is 781. The number of hydrogen-bond acceptors (Lipinski definition) is 2. The molecule has 0 aliphatic carbocycles. The Kier molecular flexibility index (Phi) is 3.73. The fraction of sp³-hybridized carbons (Fsp3) is 0. The number of nitrogens with one attached hydrogen (secondary N) is 3. The summed E-state index contributed by atoms with van der Waals surface area (Å²) in [6.07, 6.45) is 0. The van der Waals surface area contributed by atoms with Crippen LogP contribution in [0.3, 0.4) is 0 Å². The second-order valence-electron chi connectivity index (χ2n) is 4.48. The predicted octanol–water partition coefficient (Wildman–Crippen LogP) is 4.23. The van der Waals surface area contributed by atoms with E-state index in [1.165, 1.54) is 0 Å². The van der Waals surface area contributed by atoms with Crippen molar-refractivity contribution in [2.45, 2.75) is 0 Å². The van der Waals surface area contributed by atoms with E-state index in [-0.39, 0.29) is 5.91 Å². The molecule has 2 aromatic carbocycles. The van der Waals surface area contributed by atoms with E-state index < -0.39 is 0 Å². The summed E-state index contributed by atoms with van der Waals surface area (Å²) in [5, 5.41) is 1.86. The third-order valence-corrected chi connectivity index (χ3v) is 3.75. The lowest BCUT2D eigenvalue weighted by atomic mass is 10.2. The van der Waals surface area contributed by atoms with Crippen LogP contribution in [0.15, 0.2) is 48.5 Å². The first kappa shape index (κ1) is 13.8. The number of anilines is 1. The van der Waals surface area contributed by atoms with Gasteiger partial charge in [0.25, 0.3) is 5.91 Å². The summed E-state index contributed by atoms with van der Waals surface area (Å²) in [7, 11) is 0. The van der Waals surface area contributed by atoms with Gasteiger partial charge in [-0.05, 0) is 30.3 Å². The maximum absolute atomic E-state index is 12.1. The van der Waals surface area contributed by atoms with Gasteiger partial charge in [-0.15, -0.1) is 0 Å². The molecule has 0 unspecified atom stereocenters. The highest BCUT2D eigenvalue weighted by atomic mass is 35.5. The van der Waals surface area contributed by atoms with E-state index in [1.807, 2.05) is 24.3 Å². The summed E-state index contributed by atoms with van der Waals surface area (Å²) in [6, 6.07) is 14.5. The highest BCUT2D eigenvalue weighted by Gasteiger charge is 2.09. The highest BCUT2D eigenvalue weighted by Crippen LogP contribution is 2.24. The third kappa shape index (κ3) is 2.96. The minimum atomic E-state index is -0.266. The Balaban J connectivity index is 1.72. The number of carbonyl (C=O) groups is 1. The van der Waals surface area contributed by atoms with E-state index in [0.717, 1.165) is 10.9 Å². The van der Waals surface area contributed by atoms with Crippen molar-refractivity contribution in [1.29, 1.82) is 0 Å². The summed E-state index contributed by atoms with van der Waals surface area (Å²) >= 11 is 11.7. The van der Waals surface area contributed by atoms with Gasteiger partial charge in [-0.25, -0.2) is 0 Å². The van der Waals surface area contributed by atoms with Crippen LogP contribution in [0.2, 0.25) is 10.0 Å². The molecule has 3 N–H and O–H groups in total. The van der Waals surface area contributed by atoms with Crippen LogP contribution in [-0.4, -0.2) is 10.9 Å². The van der Waals surface area contributed by atoms with E-state index in [2.05, 4.69) is 15.8 Å². The molecule has 0 fully saturated rings. The van der Waals surface area contributed by atoms with Gasteiger partial charge in [0, 0.05) is 10.9 Å². The van der Waals surface area contributed by atoms with Gasteiger partial charge in [-0.3, -0.25) is 15.6 Å². The zero-order chi connectivity index (χ0) is 14.8. The Morgan fingerprint density at radius 3 is 2.57 bits per heavy atom. The maximum Gasteiger partial charge on any atom is 0.286 e. The van der Waals surface area contributed by atoms with Crippen molar-refractivity contribution in [1.82, 2.24) is 10.4 Å². The van der Waals surface area contributed by atoms with Gasteiger partial charge in [0.15, 0.2) is 0 Å². The molecule has 0 bridgehead atoms. The number of aromatic amines is 1. The number of hydrazine groups is 1. The predicted molar refractivity (Wildman–Crippen MR) is 85.8 cm³/mol. The first-order valence-corrected chi connectivity index (χ1v) is 6.98. The lowest BCUT2D eigenvalue weighted by Crippen LogP contribution is -2.29.